The third-order valence-electron chi connectivity index (χ3n) is 1.71. The van der Waals surface area contributed by atoms with Crippen LogP contribution in [0.4, 0.5) is 0 Å². The second kappa shape index (κ2) is 4.52. The van der Waals surface area contributed by atoms with Gasteiger partial charge in [-0.1, -0.05) is 30.4 Å². The Bertz CT molecular complexity index is 274. The molecular weight excluding hydrogens is 183 g/mol. The molecule has 1 aromatic carbocycles. The minimum atomic E-state index is -0.856. The van der Waals surface area contributed by atoms with E-state index in [-0.39, 0.29) is 0 Å². The molecular formula is C10H11O2P. The molecule has 0 atom stereocenters. The van der Waals surface area contributed by atoms with Crippen LogP contribution < -0.4 is 5.30 Å². The highest BCUT2D eigenvalue weighted by Gasteiger charge is 2.13. The normalized spacial score (nSPS) is 18.5. The standard InChI is InChI=1S/C10H11O2P/c1-2-6-10(7-3-1)13-11-8-4-5-9-12-13/h1-7H,8-9H2. The molecule has 0 aliphatic carbocycles. The molecule has 0 aromatic heterocycles. The van der Waals surface area contributed by atoms with Crippen molar-refractivity contribution in [1.29, 1.82) is 0 Å². The fourth-order valence-corrected chi connectivity index (χ4v) is 2.32. The first-order valence-corrected chi connectivity index (χ1v) is 5.40. The molecule has 13 heavy (non-hydrogen) atoms. The van der Waals surface area contributed by atoms with Gasteiger partial charge in [-0.05, 0) is 12.1 Å². The molecule has 0 bridgehead atoms. The maximum Gasteiger partial charge on any atom is 0.205 e. The van der Waals surface area contributed by atoms with Crippen LogP contribution in [0.5, 0.6) is 0 Å². The van der Waals surface area contributed by atoms with Crippen molar-refractivity contribution in [1.82, 2.24) is 0 Å². The van der Waals surface area contributed by atoms with Gasteiger partial charge >= 0.3 is 0 Å². The zero-order valence-corrected chi connectivity index (χ0v) is 8.11. The van der Waals surface area contributed by atoms with E-state index in [1.807, 2.05) is 42.5 Å². The monoisotopic (exact) mass is 194 g/mol. The lowest BCUT2D eigenvalue weighted by molar-refractivity contribution is 0.311. The number of hydrogen-bond donors (Lipinski definition) is 0. The van der Waals surface area contributed by atoms with Crippen molar-refractivity contribution in [2.75, 3.05) is 13.2 Å². The van der Waals surface area contributed by atoms with Gasteiger partial charge in [0, 0.05) is 5.30 Å². The maximum atomic E-state index is 5.54. The third kappa shape index (κ3) is 2.38. The zero-order chi connectivity index (χ0) is 8.93. The Kier molecular flexibility index (Phi) is 3.09. The SMILES string of the molecule is C1=CCOP(c2ccccc2)OC1. The molecule has 0 radical (unpaired) electrons. The van der Waals surface area contributed by atoms with Crippen molar-refractivity contribution in [3.8, 4) is 0 Å². The van der Waals surface area contributed by atoms with Crippen LogP contribution in [0.25, 0.3) is 0 Å². The van der Waals surface area contributed by atoms with E-state index in [1.54, 1.807) is 0 Å². The van der Waals surface area contributed by atoms with Crippen molar-refractivity contribution in [2.24, 2.45) is 0 Å². The number of hydrogen-bond acceptors (Lipinski definition) is 2. The molecule has 0 fully saturated rings. The average molecular weight is 194 g/mol. The highest BCUT2D eigenvalue weighted by molar-refractivity contribution is 7.56. The minimum absolute atomic E-state index is 0.653. The summed E-state index contributed by atoms with van der Waals surface area (Å²) in [6, 6.07) is 10.1. The molecule has 0 amide bonds. The largest absolute Gasteiger partial charge is 0.326 e. The second-order valence-electron chi connectivity index (χ2n) is 2.66. The van der Waals surface area contributed by atoms with Crippen molar-refractivity contribution < 1.29 is 9.05 Å². The van der Waals surface area contributed by atoms with E-state index in [0.29, 0.717) is 13.2 Å². The van der Waals surface area contributed by atoms with Gasteiger partial charge in [0.2, 0.25) is 8.38 Å². The van der Waals surface area contributed by atoms with Crippen LogP contribution in [-0.2, 0) is 9.05 Å². The first kappa shape index (κ1) is 8.89. The van der Waals surface area contributed by atoms with Gasteiger partial charge in [0.1, 0.15) is 0 Å². The van der Waals surface area contributed by atoms with Crippen LogP contribution in [0.15, 0.2) is 42.5 Å². The average Bonchev–Trinajstić information content (AvgIpc) is 2.47. The summed E-state index contributed by atoms with van der Waals surface area (Å²) >= 11 is 0. The van der Waals surface area contributed by atoms with Gasteiger partial charge in [0.25, 0.3) is 0 Å². The molecule has 68 valence electrons. The number of rotatable bonds is 1. The van der Waals surface area contributed by atoms with Gasteiger partial charge in [-0.25, -0.2) is 0 Å². The molecule has 1 aliphatic heterocycles. The molecule has 3 heteroatoms. The molecule has 0 spiro atoms. The van der Waals surface area contributed by atoms with Gasteiger partial charge in [-0.2, -0.15) is 0 Å². The third-order valence-corrected chi connectivity index (χ3v) is 3.20. The molecule has 0 unspecified atom stereocenters. The lowest BCUT2D eigenvalue weighted by Crippen LogP contribution is -2.03. The first-order valence-electron chi connectivity index (χ1n) is 4.23. The van der Waals surface area contributed by atoms with E-state index in [0.717, 1.165) is 5.30 Å². The maximum absolute atomic E-state index is 5.54. The minimum Gasteiger partial charge on any atom is -0.326 e. The van der Waals surface area contributed by atoms with E-state index < -0.39 is 8.38 Å². The zero-order valence-electron chi connectivity index (χ0n) is 7.22. The molecule has 0 saturated heterocycles. The predicted octanol–water partition coefficient (Wildman–Crippen LogP) is 2.23. The van der Waals surface area contributed by atoms with Gasteiger partial charge in [-0.15, -0.1) is 0 Å². The summed E-state index contributed by atoms with van der Waals surface area (Å²) in [6.45, 7) is 1.31. The quantitative estimate of drug-likeness (QED) is 0.504. The van der Waals surface area contributed by atoms with Gasteiger partial charge < -0.3 is 9.05 Å². The molecule has 1 aliphatic rings. The Morgan fingerprint density at radius 2 is 1.54 bits per heavy atom. The molecule has 0 N–H and O–H groups in total. The summed E-state index contributed by atoms with van der Waals surface area (Å²) in [5.74, 6) is 0. The van der Waals surface area contributed by atoms with Crippen molar-refractivity contribution >= 4 is 13.7 Å². The van der Waals surface area contributed by atoms with Gasteiger partial charge in [0.15, 0.2) is 0 Å². The molecule has 0 saturated carbocycles. The summed E-state index contributed by atoms with van der Waals surface area (Å²) < 4.78 is 11.1. The Balaban J connectivity index is 2.09. The number of benzene rings is 1. The molecule has 2 rings (SSSR count). The van der Waals surface area contributed by atoms with Crippen LogP contribution in [0.2, 0.25) is 0 Å². The summed E-state index contributed by atoms with van der Waals surface area (Å²) in [4.78, 5) is 0. The summed E-state index contributed by atoms with van der Waals surface area (Å²) in [7, 11) is -0.856. The van der Waals surface area contributed by atoms with Crippen molar-refractivity contribution in [3.63, 3.8) is 0 Å². The molecule has 2 nitrogen and oxygen atoms in total. The fourth-order valence-electron chi connectivity index (χ4n) is 1.09. The van der Waals surface area contributed by atoms with Gasteiger partial charge in [-0.3, -0.25) is 0 Å². The van der Waals surface area contributed by atoms with Crippen LogP contribution in [0, 0.1) is 0 Å². The Labute approximate surface area is 79.1 Å². The van der Waals surface area contributed by atoms with Crippen LogP contribution >= 0.6 is 8.38 Å². The van der Waals surface area contributed by atoms with Crippen LogP contribution in [0.3, 0.4) is 0 Å². The van der Waals surface area contributed by atoms with Crippen LogP contribution in [-0.4, -0.2) is 13.2 Å². The summed E-state index contributed by atoms with van der Waals surface area (Å²) in [5.41, 5.74) is 0. The van der Waals surface area contributed by atoms with Crippen molar-refractivity contribution in [2.45, 2.75) is 0 Å². The predicted molar refractivity (Wildman–Crippen MR) is 54.0 cm³/mol. The summed E-state index contributed by atoms with van der Waals surface area (Å²) in [5, 5.41) is 1.14. The smallest absolute Gasteiger partial charge is 0.205 e. The van der Waals surface area contributed by atoms with E-state index >= 15 is 0 Å². The second-order valence-corrected chi connectivity index (χ2v) is 4.20. The lowest BCUT2D eigenvalue weighted by atomic mass is 10.4. The summed E-state index contributed by atoms with van der Waals surface area (Å²) in [6.07, 6.45) is 3.98. The Hall–Kier alpha value is -0.690. The van der Waals surface area contributed by atoms with Crippen LogP contribution in [0.1, 0.15) is 0 Å². The van der Waals surface area contributed by atoms with E-state index in [4.69, 9.17) is 9.05 Å². The Morgan fingerprint density at radius 3 is 2.15 bits per heavy atom. The topological polar surface area (TPSA) is 18.5 Å². The fraction of sp³-hybridized carbons (Fsp3) is 0.200. The highest BCUT2D eigenvalue weighted by Crippen LogP contribution is 2.37. The highest BCUT2D eigenvalue weighted by atomic mass is 31.2. The lowest BCUT2D eigenvalue weighted by Gasteiger charge is -2.13. The first-order chi connectivity index (χ1) is 6.47. The van der Waals surface area contributed by atoms with Crippen molar-refractivity contribution in [3.05, 3.63) is 42.5 Å². The van der Waals surface area contributed by atoms with Gasteiger partial charge in [0.05, 0.1) is 13.2 Å². The molecule has 1 aromatic rings. The van der Waals surface area contributed by atoms with E-state index in [2.05, 4.69) is 0 Å². The van der Waals surface area contributed by atoms with E-state index in [1.165, 1.54) is 0 Å². The molecule has 1 heterocycles. The van der Waals surface area contributed by atoms with E-state index in [9.17, 15) is 0 Å². The Morgan fingerprint density at radius 1 is 0.923 bits per heavy atom.